The van der Waals surface area contributed by atoms with E-state index in [1.807, 2.05) is 6.26 Å². The van der Waals surface area contributed by atoms with Crippen LogP contribution in [0.15, 0.2) is 0 Å². The maximum atomic E-state index is 10.1. The molecule has 0 unspecified atom stereocenters. The summed E-state index contributed by atoms with van der Waals surface area (Å²) in [5.41, 5.74) is 2.15. The Hall–Kier alpha value is 0.130. The number of rotatable bonds is 3. The SMILES string of the molecule is CSSONC(C)=O. The van der Waals surface area contributed by atoms with Gasteiger partial charge in [0.2, 0.25) is 5.91 Å². The first kappa shape index (κ1) is 8.13. The van der Waals surface area contributed by atoms with Gasteiger partial charge in [-0.2, -0.15) is 4.28 Å². The highest BCUT2D eigenvalue weighted by Gasteiger charge is 1.87. The maximum Gasteiger partial charge on any atom is 0.241 e. The van der Waals surface area contributed by atoms with Gasteiger partial charge in [0.15, 0.2) is 0 Å². The van der Waals surface area contributed by atoms with Crippen molar-refractivity contribution in [2.75, 3.05) is 6.26 Å². The van der Waals surface area contributed by atoms with Crippen LogP contribution in [0.5, 0.6) is 0 Å². The van der Waals surface area contributed by atoms with Crippen LogP contribution in [-0.2, 0) is 9.08 Å². The molecule has 48 valence electrons. The van der Waals surface area contributed by atoms with Crippen molar-refractivity contribution in [1.82, 2.24) is 5.48 Å². The lowest BCUT2D eigenvalue weighted by molar-refractivity contribution is -0.124. The molecule has 0 aromatic rings. The van der Waals surface area contributed by atoms with Crippen molar-refractivity contribution in [1.29, 1.82) is 0 Å². The molecule has 0 aromatic heterocycles. The Morgan fingerprint density at radius 1 is 1.75 bits per heavy atom. The number of carbonyl (C=O) groups excluding carboxylic acids is 1. The Morgan fingerprint density at radius 2 is 2.38 bits per heavy atom. The lowest BCUT2D eigenvalue weighted by atomic mass is 10.8. The number of hydrogen-bond donors (Lipinski definition) is 1. The summed E-state index contributed by atoms with van der Waals surface area (Å²) < 4.78 is 4.52. The number of hydroxylamine groups is 1. The predicted octanol–water partition coefficient (Wildman–Crippen LogP) is 0.980. The zero-order valence-electron chi connectivity index (χ0n) is 4.63. The van der Waals surface area contributed by atoms with Gasteiger partial charge in [-0.15, -0.1) is 0 Å². The Kier molecular flexibility index (Phi) is 5.36. The van der Waals surface area contributed by atoms with Crippen LogP contribution in [0.1, 0.15) is 6.92 Å². The van der Waals surface area contributed by atoms with E-state index >= 15 is 0 Å². The number of hydrogen-bond acceptors (Lipinski definition) is 4. The summed E-state index contributed by atoms with van der Waals surface area (Å²) in [4.78, 5) is 10.1. The number of amides is 1. The number of carbonyl (C=O) groups is 1. The van der Waals surface area contributed by atoms with Crippen LogP contribution in [-0.4, -0.2) is 12.2 Å². The van der Waals surface area contributed by atoms with Gasteiger partial charge < -0.3 is 0 Å². The third-order valence-corrected chi connectivity index (χ3v) is 1.19. The lowest BCUT2D eigenvalue weighted by Crippen LogP contribution is -2.15. The largest absolute Gasteiger partial charge is 0.273 e. The fourth-order valence-corrected chi connectivity index (χ4v) is 0.635. The molecule has 0 aliphatic heterocycles. The second-order valence-corrected chi connectivity index (χ2v) is 3.02. The minimum absolute atomic E-state index is 0.188. The molecule has 0 radical (unpaired) electrons. The molecule has 0 atom stereocenters. The van der Waals surface area contributed by atoms with Crippen molar-refractivity contribution in [3.8, 4) is 0 Å². The van der Waals surface area contributed by atoms with Gasteiger partial charge in [0, 0.05) is 6.92 Å². The van der Waals surface area contributed by atoms with Gasteiger partial charge >= 0.3 is 0 Å². The lowest BCUT2D eigenvalue weighted by Gasteiger charge is -1.95. The van der Waals surface area contributed by atoms with Crippen LogP contribution >= 0.6 is 21.9 Å². The van der Waals surface area contributed by atoms with E-state index in [9.17, 15) is 4.79 Å². The maximum absolute atomic E-state index is 10.1. The van der Waals surface area contributed by atoms with Crippen molar-refractivity contribution in [2.24, 2.45) is 0 Å². The first-order valence-electron chi connectivity index (χ1n) is 1.90. The van der Waals surface area contributed by atoms with E-state index in [2.05, 4.69) is 9.76 Å². The topological polar surface area (TPSA) is 38.3 Å². The van der Waals surface area contributed by atoms with E-state index in [0.29, 0.717) is 0 Å². The van der Waals surface area contributed by atoms with Crippen LogP contribution in [0, 0.1) is 0 Å². The van der Waals surface area contributed by atoms with Crippen LogP contribution in [0.25, 0.3) is 0 Å². The first-order chi connectivity index (χ1) is 3.77. The molecule has 0 spiro atoms. The molecule has 0 saturated heterocycles. The summed E-state index contributed by atoms with van der Waals surface area (Å²) in [5.74, 6) is -0.188. The minimum atomic E-state index is -0.188. The van der Waals surface area contributed by atoms with Gasteiger partial charge in [-0.05, 0) is 6.26 Å². The fraction of sp³-hybridized carbons (Fsp3) is 0.667. The van der Waals surface area contributed by atoms with Gasteiger partial charge in [-0.25, -0.2) is 5.48 Å². The molecule has 0 bridgehead atoms. The summed E-state index contributed by atoms with van der Waals surface area (Å²) >= 11 is 1.12. The van der Waals surface area contributed by atoms with Crippen LogP contribution in [0.2, 0.25) is 0 Å². The molecule has 0 rings (SSSR count). The van der Waals surface area contributed by atoms with E-state index in [1.54, 1.807) is 0 Å². The molecule has 0 saturated carbocycles. The molecule has 0 heterocycles. The molecule has 1 amide bonds. The smallest absolute Gasteiger partial charge is 0.241 e. The van der Waals surface area contributed by atoms with E-state index in [0.717, 1.165) is 11.1 Å². The number of nitrogens with one attached hydrogen (secondary N) is 1. The van der Waals surface area contributed by atoms with Crippen molar-refractivity contribution >= 4 is 27.8 Å². The van der Waals surface area contributed by atoms with E-state index < -0.39 is 0 Å². The van der Waals surface area contributed by atoms with Crippen molar-refractivity contribution in [3.05, 3.63) is 0 Å². The highest BCUT2D eigenvalue weighted by atomic mass is 33.1. The molecule has 1 N–H and O–H groups in total. The summed E-state index contributed by atoms with van der Waals surface area (Å²) in [6.45, 7) is 1.39. The Balaban J connectivity index is 2.82. The second kappa shape index (κ2) is 5.27. The van der Waals surface area contributed by atoms with Crippen LogP contribution in [0.3, 0.4) is 0 Å². The Morgan fingerprint density at radius 3 is 2.75 bits per heavy atom. The molecule has 0 aliphatic carbocycles. The third kappa shape index (κ3) is 6.13. The molecular weight excluding hydrogens is 146 g/mol. The van der Waals surface area contributed by atoms with Gasteiger partial charge in [0.25, 0.3) is 0 Å². The summed E-state index contributed by atoms with van der Waals surface area (Å²) in [6.07, 6.45) is 1.85. The highest BCUT2D eigenvalue weighted by molar-refractivity contribution is 8.74. The zero-order valence-corrected chi connectivity index (χ0v) is 6.27. The average Bonchev–Trinajstić information content (AvgIpc) is 1.66. The van der Waals surface area contributed by atoms with E-state index in [-0.39, 0.29) is 5.91 Å². The highest BCUT2D eigenvalue weighted by Crippen LogP contribution is 2.15. The van der Waals surface area contributed by atoms with Gasteiger partial charge in [-0.3, -0.25) is 4.79 Å². The average molecular weight is 153 g/mol. The van der Waals surface area contributed by atoms with Gasteiger partial charge in [0.1, 0.15) is 0 Å². The molecule has 0 aromatic carbocycles. The Bertz CT molecular complexity index is 77.7. The summed E-state index contributed by atoms with van der Waals surface area (Å²) in [5, 5.41) is 0. The van der Waals surface area contributed by atoms with Crippen LogP contribution < -0.4 is 5.48 Å². The quantitative estimate of drug-likeness (QED) is 0.284. The first-order valence-corrected chi connectivity index (χ1v) is 4.38. The summed E-state index contributed by atoms with van der Waals surface area (Å²) in [6, 6.07) is 0. The molecular formula is C3H7NO2S2. The van der Waals surface area contributed by atoms with Crippen molar-refractivity contribution < 1.29 is 9.08 Å². The predicted molar refractivity (Wildman–Crippen MR) is 36.0 cm³/mol. The molecule has 8 heavy (non-hydrogen) atoms. The fourth-order valence-electron chi connectivity index (χ4n) is 0.110. The van der Waals surface area contributed by atoms with E-state index in [4.69, 9.17) is 0 Å². The van der Waals surface area contributed by atoms with Crippen molar-refractivity contribution in [2.45, 2.75) is 6.92 Å². The Labute approximate surface area is 56.1 Å². The zero-order chi connectivity index (χ0) is 6.41. The monoisotopic (exact) mass is 153 g/mol. The van der Waals surface area contributed by atoms with E-state index in [1.165, 1.54) is 17.7 Å². The summed E-state index contributed by atoms with van der Waals surface area (Å²) in [7, 11) is 1.42. The van der Waals surface area contributed by atoms with Gasteiger partial charge in [-0.1, -0.05) is 10.8 Å². The second-order valence-electron chi connectivity index (χ2n) is 0.976. The molecule has 5 heteroatoms. The normalized spacial score (nSPS) is 8.75. The molecule has 0 fully saturated rings. The molecule has 0 aliphatic rings. The van der Waals surface area contributed by atoms with Crippen LogP contribution in [0.4, 0.5) is 0 Å². The minimum Gasteiger partial charge on any atom is -0.273 e. The van der Waals surface area contributed by atoms with Crippen molar-refractivity contribution in [3.63, 3.8) is 0 Å². The molecule has 3 nitrogen and oxygen atoms in total. The third-order valence-electron chi connectivity index (χ3n) is 0.287. The standard InChI is InChI=1S/C3H7NO2S2/c1-3(5)4-6-8-7-2/h1-2H3,(H,4,5). The van der Waals surface area contributed by atoms with Gasteiger partial charge in [0.05, 0.1) is 11.1 Å².